The van der Waals surface area contributed by atoms with Crippen molar-refractivity contribution >= 4 is 22.1 Å². The first-order valence-corrected chi connectivity index (χ1v) is 4.67. The van der Waals surface area contributed by atoms with Gasteiger partial charge in [-0.3, -0.25) is 0 Å². The molecule has 0 spiro atoms. The molecule has 0 radical (unpaired) electrons. The lowest BCUT2D eigenvalue weighted by atomic mass is 10.0. The van der Waals surface area contributed by atoms with Gasteiger partial charge in [-0.15, -0.1) is 0 Å². The second kappa shape index (κ2) is 3.50. The summed E-state index contributed by atoms with van der Waals surface area (Å²) in [6, 6.07) is 11.4. The fourth-order valence-electron chi connectivity index (χ4n) is 1.74. The lowest BCUT2D eigenvalue weighted by Crippen LogP contribution is -1.95. The second-order valence-corrected chi connectivity index (χ2v) is 3.29. The van der Waals surface area contributed by atoms with Crippen LogP contribution in [0.4, 0.5) is 11.4 Å². The molecular formula is C12H11N3. The minimum Gasteiger partial charge on any atom is -0.398 e. The Morgan fingerprint density at radius 2 is 2.07 bits per heavy atom. The molecular weight excluding hydrogens is 186 g/mol. The van der Waals surface area contributed by atoms with E-state index < -0.39 is 0 Å². The van der Waals surface area contributed by atoms with Crippen LogP contribution < -0.4 is 11.1 Å². The molecule has 0 atom stereocenters. The molecule has 3 heteroatoms. The van der Waals surface area contributed by atoms with Crippen LogP contribution in [0.15, 0.2) is 30.3 Å². The quantitative estimate of drug-likeness (QED) is 0.690. The third-order valence-corrected chi connectivity index (χ3v) is 2.46. The van der Waals surface area contributed by atoms with Crippen molar-refractivity contribution in [1.29, 1.82) is 5.26 Å². The summed E-state index contributed by atoms with van der Waals surface area (Å²) in [5.74, 6) is 0. The Bertz CT molecular complexity index is 553. The number of fused-ring (bicyclic) bond motifs is 1. The van der Waals surface area contributed by atoms with Crippen molar-refractivity contribution in [2.75, 3.05) is 18.1 Å². The van der Waals surface area contributed by atoms with Crippen LogP contribution in [0.3, 0.4) is 0 Å². The zero-order valence-corrected chi connectivity index (χ0v) is 8.41. The number of nitrogens with zero attached hydrogens (tertiary/aromatic N) is 1. The number of nitrogen functional groups attached to an aromatic ring is 1. The van der Waals surface area contributed by atoms with Gasteiger partial charge in [0, 0.05) is 29.2 Å². The maximum absolute atomic E-state index is 8.98. The first kappa shape index (κ1) is 9.35. The van der Waals surface area contributed by atoms with Crippen LogP contribution in [-0.2, 0) is 0 Å². The number of hydrogen-bond donors (Lipinski definition) is 2. The molecule has 0 aromatic heterocycles. The Kier molecular flexibility index (Phi) is 2.18. The molecule has 74 valence electrons. The van der Waals surface area contributed by atoms with Gasteiger partial charge in [0.15, 0.2) is 0 Å². The zero-order chi connectivity index (χ0) is 10.8. The number of anilines is 2. The number of nitrogens with one attached hydrogen (secondary N) is 1. The van der Waals surface area contributed by atoms with Gasteiger partial charge in [-0.1, -0.05) is 12.1 Å². The third-order valence-electron chi connectivity index (χ3n) is 2.46. The van der Waals surface area contributed by atoms with Crippen LogP contribution in [0.5, 0.6) is 0 Å². The number of hydrogen-bond acceptors (Lipinski definition) is 3. The number of nitriles is 1. The van der Waals surface area contributed by atoms with Gasteiger partial charge in [0.25, 0.3) is 0 Å². The van der Waals surface area contributed by atoms with E-state index >= 15 is 0 Å². The molecule has 0 bridgehead atoms. The van der Waals surface area contributed by atoms with E-state index in [1.165, 1.54) is 0 Å². The van der Waals surface area contributed by atoms with E-state index in [1.807, 2.05) is 31.3 Å². The summed E-state index contributed by atoms with van der Waals surface area (Å²) < 4.78 is 0. The minimum absolute atomic E-state index is 0.649. The summed E-state index contributed by atoms with van der Waals surface area (Å²) in [6.45, 7) is 0. The summed E-state index contributed by atoms with van der Waals surface area (Å²) in [4.78, 5) is 0. The highest BCUT2D eigenvalue weighted by molar-refractivity contribution is 6.04. The maximum Gasteiger partial charge on any atom is 0.0998 e. The summed E-state index contributed by atoms with van der Waals surface area (Å²) in [5.41, 5.74) is 8.19. The van der Waals surface area contributed by atoms with Gasteiger partial charge in [-0.2, -0.15) is 5.26 Å². The van der Waals surface area contributed by atoms with E-state index in [2.05, 4.69) is 11.4 Å². The van der Waals surface area contributed by atoms with Crippen molar-refractivity contribution in [2.45, 2.75) is 0 Å². The Morgan fingerprint density at radius 1 is 1.27 bits per heavy atom. The van der Waals surface area contributed by atoms with Crippen molar-refractivity contribution < 1.29 is 0 Å². The molecule has 15 heavy (non-hydrogen) atoms. The molecule has 2 rings (SSSR count). The monoisotopic (exact) mass is 197 g/mol. The van der Waals surface area contributed by atoms with E-state index in [0.717, 1.165) is 16.5 Å². The standard InChI is InChI=1S/C12H11N3/c1-15-11-6-5-8(7-13)9-3-2-4-10(14)12(9)11/h2-6,15H,14H2,1H3. The van der Waals surface area contributed by atoms with E-state index in [9.17, 15) is 0 Å². The first-order valence-electron chi connectivity index (χ1n) is 4.67. The highest BCUT2D eigenvalue weighted by Gasteiger charge is 2.06. The van der Waals surface area contributed by atoms with Crippen LogP contribution in [0, 0.1) is 11.3 Å². The molecule has 0 aliphatic carbocycles. The van der Waals surface area contributed by atoms with Gasteiger partial charge in [-0.05, 0) is 18.2 Å². The molecule has 0 aliphatic heterocycles. The van der Waals surface area contributed by atoms with Crippen LogP contribution in [0.25, 0.3) is 10.8 Å². The highest BCUT2D eigenvalue weighted by Crippen LogP contribution is 2.30. The van der Waals surface area contributed by atoms with Gasteiger partial charge < -0.3 is 11.1 Å². The zero-order valence-electron chi connectivity index (χ0n) is 8.41. The van der Waals surface area contributed by atoms with Crippen molar-refractivity contribution in [3.05, 3.63) is 35.9 Å². The average Bonchev–Trinajstić information content (AvgIpc) is 2.28. The molecule has 0 fully saturated rings. The van der Waals surface area contributed by atoms with E-state index in [0.29, 0.717) is 11.3 Å². The van der Waals surface area contributed by atoms with Gasteiger partial charge in [0.2, 0.25) is 0 Å². The SMILES string of the molecule is CNc1ccc(C#N)c2cccc(N)c12. The first-order chi connectivity index (χ1) is 7.27. The summed E-state index contributed by atoms with van der Waals surface area (Å²) in [7, 11) is 1.84. The molecule has 0 amide bonds. The molecule has 3 N–H and O–H groups in total. The maximum atomic E-state index is 8.98. The predicted octanol–water partition coefficient (Wildman–Crippen LogP) is 2.34. The van der Waals surface area contributed by atoms with Gasteiger partial charge in [-0.25, -0.2) is 0 Å². The molecule has 0 saturated heterocycles. The lowest BCUT2D eigenvalue weighted by molar-refractivity contribution is 1.49. The summed E-state index contributed by atoms with van der Waals surface area (Å²) >= 11 is 0. The Balaban J connectivity index is 2.94. The van der Waals surface area contributed by atoms with E-state index in [4.69, 9.17) is 11.0 Å². The van der Waals surface area contributed by atoms with Crippen molar-refractivity contribution in [1.82, 2.24) is 0 Å². The summed E-state index contributed by atoms with van der Waals surface area (Å²) in [6.07, 6.45) is 0. The predicted molar refractivity (Wildman–Crippen MR) is 62.6 cm³/mol. The third kappa shape index (κ3) is 1.36. The largest absolute Gasteiger partial charge is 0.398 e. The van der Waals surface area contributed by atoms with E-state index in [1.54, 1.807) is 6.07 Å². The number of benzene rings is 2. The molecule has 0 aliphatic rings. The van der Waals surface area contributed by atoms with Crippen molar-refractivity contribution in [3.63, 3.8) is 0 Å². The van der Waals surface area contributed by atoms with Gasteiger partial charge in [0.05, 0.1) is 11.6 Å². The minimum atomic E-state index is 0.649. The highest BCUT2D eigenvalue weighted by atomic mass is 14.8. The van der Waals surface area contributed by atoms with Crippen LogP contribution in [-0.4, -0.2) is 7.05 Å². The van der Waals surface area contributed by atoms with Gasteiger partial charge >= 0.3 is 0 Å². The Morgan fingerprint density at radius 3 is 2.73 bits per heavy atom. The van der Waals surface area contributed by atoms with Crippen molar-refractivity contribution in [2.24, 2.45) is 0 Å². The topological polar surface area (TPSA) is 61.8 Å². The van der Waals surface area contributed by atoms with Crippen LogP contribution in [0.2, 0.25) is 0 Å². The normalized spacial score (nSPS) is 9.87. The fraction of sp³-hybridized carbons (Fsp3) is 0.0833. The van der Waals surface area contributed by atoms with Crippen LogP contribution >= 0.6 is 0 Å². The average molecular weight is 197 g/mol. The molecule has 3 nitrogen and oxygen atoms in total. The number of nitrogens with two attached hydrogens (primary N) is 1. The molecule has 2 aromatic rings. The summed E-state index contributed by atoms with van der Waals surface area (Å²) in [5, 5.41) is 13.9. The fourth-order valence-corrected chi connectivity index (χ4v) is 1.74. The van der Waals surface area contributed by atoms with Gasteiger partial charge in [0.1, 0.15) is 0 Å². The van der Waals surface area contributed by atoms with E-state index in [-0.39, 0.29) is 0 Å². The number of rotatable bonds is 1. The Hall–Kier alpha value is -2.21. The molecule has 0 unspecified atom stereocenters. The molecule has 2 aromatic carbocycles. The van der Waals surface area contributed by atoms with Crippen LogP contribution in [0.1, 0.15) is 5.56 Å². The molecule has 0 heterocycles. The molecule has 0 saturated carbocycles. The van der Waals surface area contributed by atoms with Crippen molar-refractivity contribution in [3.8, 4) is 6.07 Å². The smallest absolute Gasteiger partial charge is 0.0998 e. The Labute approximate surface area is 88.1 Å². The lowest BCUT2D eigenvalue weighted by Gasteiger charge is -2.09. The second-order valence-electron chi connectivity index (χ2n) is 3.29.